The van der Waals surface area contributed by atoms with Gasteiger partial charge in [-0.3, -0.25) is 0 Å². The average molecular weight is 238 g/mol. The molecule has 0 aliphatic heterocycles. The fourth-order valence-corrected chi connectivity index (χ4v) is 0.564. The van der Waals surface area contributed by atoms with Crippen LogP contribution in [-0.2, 0) is 24.3 Å². The summed E-state index contributed by atoms with van der Waals surface area (Å²) in [6.45, 7) is 3.76. The molecule has 0 aromatic heterocycles. The second kappa shape index (κ2) is 6.99. The molecule has 0 aliphatic carbocycles. The van der Waals surface area contributed by atoms with Crippen LogP contribution in [0.4, 0.5) is 9.59 Å². The maximum atomic E-state index is 10.4. The Morgan fingerprint density at radius 2 is 1.94 bits per heavy atom. The Bertz CT molecular complexity index is 236. The van der Waals surface area contributed by atoms with E-state index in [9.17, 15) is 9.59 Å². The number of ether oxygens (including phenoxy) is 2. The normalized spacial score (nSPS) is 10.9. The minimum absolute atomic E-state index is 0.0984. The second-order valence-electron chi connectivity index (χ2n) is 3.31. The van der Waals surface area contributed by atoms with E-state index in [0.717, 1.165) is 0 Å². The third kappa shape index (κ3) is 7.97. The van der Waals surface area contributed by atoms with E-state index in [1.54, 1.807) is 7.11 Å². The van der Waals surface area contributed by atoms with Gasteiger partial charge >= 0.3 is 12.3 Å². The summed E-state index contributed by atoms with van der Waals surface area (Å²) < 4.78 is 8.62. The van der Waals surface area contributed by atoms with Crippen LogP contribution in [0.1, 0.15) is 20.3 Å². The molecule has 0 unspecified atom stereocenters. The molecule has 0 heterocycles. The minimum Gasteiger partial charge on any atom is -0.449 e. The van der Waals surface area contributed by atoms with Crippen LogP contribution in [0.5, 0.6) is 0 Å². The van der Waals surface area contributed by atoms with E-state index in [-0.39, 0.29) is 6.61 Å². The van der Waals surface area contributed by atoms with Crippen molar-refractivity contribution >= 4 is 12.3 Å². The maximum absolute atomic E-state index is 10.4. The van der Waals surface area contributed by atoms with Gasteiger partial charge in [0.2, 0.25) is 0 Å². The first-order valence-corrected chi connectivity index (χ1v) is 4.33. The summed E-state index contributed by atoms with van der Waals surface area (Å²) in [6, 6.07) is 0. The summed E-state index contributed by atoms with van der Waals surface area (Å²) in [6.07, 6.45) is -2.84. The topological polar surface area (TPSA) is 101 Å². The Morgan fingerprint density at radius 1 is 1.31 bits per heavy atom. The van der Waals surface area contributed by atoms with Crippen LogP contribution in [0.3, 0.4) is 0 Å². The zero-order valence-corrected chi connectivity index (χ0v) is 9.22. The largest absolute Gasteiger partial charge is 0.553 e. The zero-order chi connectivity index (χ0) is 12.6. The van der Waals surface area contributed by atoms with Crippen LogP contribution >= 0.6 is 0 Å². The van der Waals surface area contributed by atoms with Crippen molar-refractivity contribution in [1.29, 1.82) is 0 Å². The summed E-state index contributed by atoms with van der Waals surface area (Å²) in [5, 5.41) is 11.9. The summed E-state index contributed by atoms with van der Waals surface area (Å²) in [5.74, 6) is 0. The molecule has 1 N–H and O–H groups in total. The van der Waals surface area contributed by atoms with Crippen molar-refractivity contribution < 1.29 is 39.0 Å². The van der Waals surface area contributed by atoms with Gasteiger partial charge in [0, 0.05) is 13.5 Å². The number of rotatable bonds is 6. The zero-order valence-electron chi connectivity index (χ0n) is 9.22. The van der Waals surface area contributed by atoms with E-state index >= 15 is 0 Å². The highest BCUT2D eigenvalue weighted by atomic mass is 17.5. The summed E-state index contributed by atoms with van der Waals surface area (Å²) in [4.78, 5) is 28.5. The standard InChI is InChI=1S/C8H14O8/c1-8(2,12-3)4-5-13-16-15-7(11)14-6(9)10/h4-5H2,1-3H3,(H,9,10). The van der Waals surface area contributed by atoms with Crippen molar-refractivity contribution in [1.82, 2.24) is 0 Å². The van der Waals surface area contributed by atoms with Gasteiger partial charge in [-0.15, -0.1) is 0 Å². The van der Waals surface area contributed by atoms with Gasteiger partial charge in [0.1, 0.15) is 0 Å². The van der Waals surface area contributed by atoms with E-state index in [2.05, 4.69) is 19.6 Å². The van der Waals surface area contributed by atoms with E-state index in [1.807, 2.05) is 13.8 Å². The van der Waals surface area contributed by atoms with Crippen molar-refractivity contribution in [2.45, 2.75) is 25.9 Å². The van der Waals surface area contributed by atoms with Crippen LogP contribution in [0.15, 0.2) is 0 Å². The molecule has 0 saturated heterocycles. The van der Waals surface area contributed by atoms with Crippen LogP contribution in [0.2, 0.25) is 0 Å². The Balaban J connectivity index is 3.47. The van der Waals surface area contributed by atoms with E-state index < -0.39 is 17.9 Å². The van der Waals surface area contributed by atoms with Crippen LogP contribution < -0.4 is 0 Å². The fourth-order valence-electron chi connectivity index (χ4n) is 0.564. The smallest absolute Gasteiger partial charge is 0.449 e. The number of carboxylic acid groups (broad SMARTS) is 1. The third-order valence-electron chi connectivity index (χ3n) is 1.66. The van der Waals surface area contributed by atoms with Crippen LogP contribution in [0.25, 0.3) is 0 Å². The lowest BCUT2D eigenvalue weighted by molar-refractivity contribution is -0.486. The number of methoxy groups -OCH3 is 1. The molecule has 0 radical (unpaired) electrons. The van der Waals surface area contributed by atoms with Gasteiger partial charge in [-0.2, -0.15) is 9.68 Å². The number of hydrogen-bond acceptors (Lipinski definition) is 7. The minimum atomic E-state index is -1.80. The van der Waals surface area contributed by atoms with Gasteiger partial charge in [-0.05, 0) is 18.9 Å². The highest BCUT2D eigenvalue weighted by Crippen LogP contribution is 2.12. The van der Waals surface area contributed by atoms with Gasteiger partial charge in [0.25, 0.3) is 0 Å². The highest BCUT2D eigenvalue weighted by Gasteiger charge is 2.16. The summed E-state index contributed by atoms with van der Waals surface area (Å²) >= 11 is 0. The van der Waals surface area contributed by atoms with Gasteiger partial charge in [0.15, 0.2) is 0 Å². The molecule has 16 heavy (non-hydrogen) atoms. The molecule has 94 valence electrons. The van der Waals surface area contributed by atoms with Crippen LogP contribution in [0, 0.1) is 0 Å². The Hall–Kier alpha value is -1.38. The first-order chi connectivity index (χ1) is 7.37. The van der Waals surface area contributed by atoms with Gasteiger partial charge in [0.05, 0.1) is 12.2 Å². The van der Waals surface area contributed by atoms with Crippen molar-refractivity contribution in [2.24, 2.45) is 0 Å². The number of carbonyl (C=O) groups is 2. The van der Waals surface area contributed by atoms with Crippen molar-refractivity contribution in [3.8, 4) is 0 Å². The maximum Gasteiger partial charge on any atom is 0.553 e. The molecule has 0 amide bonds. The second-order valence-corrected chi connectivity index (χ2v) is 3.31. The molecular weight excluding hydrogens is 224 g/mol. The van der Waals surface area contributed by atoms with Crippen molar-refractivity contribution in [3.05, 3.63) is 0 Å². The molecule has 0 aliphatic rings. The SMILES string of the molecule is COC(C)(C)CCOOOC(=O)OC(=O)O. The predicted molar refractivity (Wildman–Crippen MR) is 48.3 cm³/mol. The number of hydrogen-bond donors (Lipinski definition) is 1. The predicted octanol–water partition coefficient (Wildman–Crippen LogP) is 1.50. The Labute approximate surface area is 91.8 Å². The molecule has 0 aromatic rings. The first-order valence-electron chi connectivity index (χ1n) is 4.33. The van der Waals surface area contributed by atoms with E-state index in [1.165, 1.54) is 0 Å². The van der Waals surface area contributed by atoms with E-state index in [4.69, 9.17) is 9.84 Å². The van der Waals surface area contributed by atoms with Crippen molar-refractivity contribution in [2.75, 3.05) is 13.7 Å². The first kappa shape index (κ1) is 14.6. The highest BCUT2D eigenvalue weighted by molar-refractivity contribution is 5.75. The Kier molecular flexibility index (Phi) is 6.38. The molecule has 0 rings (SSSR count). The van der Waals surface area contributed by atoms with Gasteiger partial charge in [-0.25, -0.2) is 9.68 Å². The molecule has 0 spiro atoms. The molecular formula is C8H14O8. The van der Waals surface area contributed by atoms with E-state index in [0.29, 0.717) is 6.42 Å². The molecule has 0 aromatic carbocycles. The van der Waals surface area contributed by atoms with Crippen LogP contribution in [-0.4, -0.2) is 36.7 Å². The number of carbonyl (C=O) groups excluding carboxylic acids is 1. The van der Waals surface area contributed by atoms with Gasteiger partial charge < -0.3 is 14.6 Å². The lowest BCUT2D eigenvalue weighted by Gasteiger charge is -2.21. The third-order valence-corrected chi connectivity index (χ3v) is 1.66. The molecule has 8 nitrogen and oxygen atoms in total. The molecule has 8 heteroatoms. The average Bonchev–Trinajstić information content (AvgIpc) is 2.16. The lowest BCUT2D eigenvalue weighted by Crippen LogP contribution is -2.24. The fraction of sp³-hybridized carbons (Fsp3) is 0.750. The molecule has 0 atom stereocenters. The summed E-state index contributed by atoms with van der Waals surface area (Å²) in [7, 11) is 1.54. The lowest BCUT2D eigenvalue weighted by atomic mass is 10.1. The Morgan fingerprint density at radius 3 is 2.44 bits per heavy atom. The molecule has 0 fully saturated rings. The quantitative estimate of drug-likeness (QED) is 0.244. The molecule has 0 bridgehead atoms. The van der Waals surface area contributed by atoms with Gasteiger partial charge in [-0.1, -0.05) is 0 Å². The molecule has 0 saturated carbocycles. The summed E-state index contributed by atoms with van der Waals surface area (Å²) in [5.41, 5.74) is -0.398. The van der Waals surface area contributed by atoms with Crippen molar-refractivity contribution in [3.63, 3.8) is 0 Å². The monoisotopic (exact) mass is 238 g/mol.